The number of hydrogen-bond acceptors (Lipinski definition) is 7. The molecule has 0 N–H and O–H groups in total. The lowest BCUT2D eigenvalue weighted by Gasteiger charge is -2.30. The summed E-state index contributed by atoms with van der Waals surface area (Å²) >= 11 is 13.3. The van der Waals surface area contributed by atoms with E-state index in [1.807, 2.05) is 43.9 Å². The third-order valence-electron chi connectivity index (χ3n) is 7.68. The average molecular weight is 616 g/mol. The quantitative estimate of drug-likeness (QED) is 0.316. The van der Waals surface area contributed by atoms with Gasteiger partial charge in [0, 0.05) is 49.3 Å². The molecule has 42 heavy (non-hydrogen) atoms. The monoisotopic (exact) mass is 614 g/mol. The Bertz CT molecular complexity index is 1470. The van der Waals surface area contributed by atoms with Gasteiger partial charge in [-0.15, -0.1) is 0 Å². The zero-order chi connectivity index (χ0) is 30.2. The second-order valence-corrected chi connectivity index (χ2v) is 12.6. The molecule has 3 aromatic rings. The first kappa shape index (κ1) is 30.2. The van der Waals surface area contributed by atoms with Crippen molar-refractivity contribution in [2.24, 2.45) is 5.92 Å². The van der Waals surface area contributed by atoms with Gasteiger partial charge in [0.25, 0.3) is 0 Å². The Labute approximate surface area is 256 Å². The maximum atomic E-state index is 13.4. The molecule has 2 amide bonds. The van der Waals surface area contributed by atoms with E-state index in [9.17, 15) is 9.59 Å². The lowest BCUT2D eigenvalue weighted by atomic mass is 10.00. The number of fused-ring (bicyclic) bond motifs is 1. The van der Waals surface area contributed by atoms with E-state index in [4.69, 9.17) is 42.4 Å². The highest BCUT2D eigenvalue weighted by Gasteiger charge is 2.43. The molecule has 0 radical (unpaired) electrons. The zero-order valence-electron chi connectivity index (χ0n) is 24.6. The summed E-state index contributed by atoms with van der Waals surface area (Å²) in [7, 11) is 3.07. The van der Waals surface area contributed by atoms with Crippen molar-refractivity contribution in [2.45, 2.75) is 58.1 Å². The van der Waals surface area contributed by atoms with Crippen LogP contribution in [0.4, 0.5) is 4.79 Å². The third kappa shape index (κ3) is 6.22. The van der Waals surface area contributed by atoms with E-state index in [1.165, 1.54) is 14.2 Å². The fourth-order valence-electron chi connectivity index (χ4n) is 5.70. The molecule has 2 atom stereocenters. The largest absolute Gasteiger partial charge is 0.495 e. The number of benzene rings is 2. The molecule has 0 saturated carbocycles. The Balaban J connectivity index is 1.38. The Kier molecular flexibility index (Phi) is 8.71. The Morgan fingerprint density at radius 1 is 1.02 bits per heavy atom. The van der Waals surface area contributed by atoms with Crippen molar-refractivity contribution in [3.8, 4) is 22.6 Å². The molecule has 5 rings (SSSR count). The molecule has 224 valence electrons. The van der Waals surface area contributed by atoms with Crippen LogP contribution >= 0.6 is 23.2 Å². The Hall–Kier alpha value is -3.30. The fourth-order valence-corrected chi connectivity index (χ4v) is 6.42. The van der Waals surface area contributed by atoms with Crippen molar-refractivity contribution in [1.82, 2.24) is 19.8 Å². The van der Waals surface area contributed by atoms with Crippen molar-refractivity contribution in [3.63, 3.8) is 0 Å². The maximum Gasteiger partial charge on any atom is 0.410 e. The first-order valence-corrected chi connectivity index (χ1v) is 14.9. The number of likely N-dealkylation sites (tertiary alicyclic amines) is 2. The lowest BCUT2D eigenvalue weighted by Crippen LogP contribution is -2.48. The summed E-state index contributed by atoms with van der Waals surface area (Å²) in [6.07, 6.45) is 4.37. The predicted molar refractivity (Wildman–Crippen MR) is 162 cm³/mol. The molecule has 3 heterocycles. The minimum absolute atomic E-state index is 0.000636. The van der Waals surface area contributed by atoms with Crippen LogP contribution in [0, 0.1) is 5.92 Å². The van der Waals surface area contributed by atoms with Crippen LogP contribution in [0.3, 0.4) is 0 Å². The van der Waals surface area contributed by atoms with E-state index in [0.29, 0.717) is 52.3 Å². The highest BCUT2D eigenvalue weighted by Crippen LogP contribution is 2.46. The lowest BCUT2D eigenvalue weighted by molar-refractivity contribution is -0.134. The van der Waals surface area contributed by atoms with E-state index in [-0.39, 0.29) is 11.8 Å². The minimum Gasteiger partial charge on any atom is -0.495 e. The Morgan fingerprint density at radius 3 is 2.31 bits per heavy atom. The molecule has 2 aliphatic heterocycles. The minimum atomic E-state index is -0.652. The van der Waals surface area contributed by atoms with Gasteiger partial charge in [-0.2, -0.15) is 0 Å². The van der Waals surface area contributed by atoms with Crippen LogP contribution in [0.25, 0.3) is 22.0 Å². The van der Waals surface area contributed by atoms with Crippen LogP contribution < -0.4 is 9.47 Å². The molecule has 0 spiro atoms. The number of carbonyl (C=O) groups is 2. The summed E-state index contributed by atoms with van der Waals surface area (Å²) in [5.74, 6) is 1.58. The molecular formula is C31H36Cl2N4O5. The average Bonchev–Trinajstić information content (AvgIpc) is 3.63. The molecule has 2 aromatic carbocycles. The first-order chi connectivity index (χ1) is 20.0. The molecule has 0 unspecified atom stereocenters. The van der Waals surface area contributed by atoms with Crippen LogP contribution in [0.5, 0.6) is 11.5 Å². The number of hydrogen-bond donors (Lipinski definition) is 0. The number of methoxy groups -OCH3 is 2. The predicted octanol–water partition coefficient (Wildman–Crippen LogP) is 6.41. The van der Waals surface area contributed by atoms with Gasteiger partial charge in [0.2, 0.25) is 5.91 Å². The van der Waals surface area contributed by atoms with Crippen molar-refractivity contribution in [1.29, 1.82) is 0 Å². The first-order valence-electron chi connectivity index (χ1n) is 14.1. The molecule has 11 heteroatoms. The highest BCUT2D eigenvalue weighted by molar-refractivity contribution is 6.41. The topological polar surface area (TPSA) is 94.1 Å². The molecule has 2 fully saturated rings. The number of nitrogens with zero attached hydrogens (tertiary/aromatic N) is 4. The fraction of sp³-hybridized carbons (Fsp3) is 0.484. The van der Waals surface area contributed by atoms with Gasteiger partial charge in [-0.3, -0.25) is 9.69 Å². The number of carbonyl (C=O) groups excluding carboxylic acids is 2. The van der Waals surface area contributed by atoms with Crippen LogP contribution in [-0.4, -0.2) is 77.3 Å². The van der Waals surface area contributed by atoms with Gasteiger partial charge in [0.15, 0.2) is 0 Å². The molecule has 2 aliphatic rings. The van der Waals surface area contributed by atoms with E-state index < -0.39 is 17.7 Å². The van der Waals surface area contributed by atoms with Gasteiger partial charge >= 0.3 is 6.09 Å². The summed E-state index contributed by atoms with van der Waals surface area (Å²) < 4.78 is 16.5. The van der Waals surface area contributed by atoms with Crippen LogP contribution in [0.15, 0.2) is 30.5 Å². The summed E-state index contributed by atoms with van der Waals surface area (Å²) in [5, 5.41) is 1.58. The van der Waals surface area contributed by atoms with Crippen molar-refractivity contribution in [3.05, 3.63) is 46.3 Å². The number of amides is 2. The van der Waals surface area contributed by atoms with Gasteiger partial charge in [-0.25, -0.2) is 14.8 Å². The third-order valence-corrected chi connectivity index (χ3v) is 8.43. The van der Waals surface area contributed by atoms with Crippen molar-refractivity contribution >= 4 is 46.1 Å². The number of halogens is 2. The van der Waals surface area contributed by atoms with E-state index >= 15 is 0 Å². The van der Waals surface area contributed by atoms with Crippen LogP contribution in [0.2, 0.25) is 10.0 Å². The van der Waals surface area contributed by atoms with Gasteiger partial charge in [-0.05, 0) is 63.6 Å². The summed E-state index contributed by atoms with van der Waals surface area (Å²) in [4.78, 5) is 39.4. The number of rotatable bonds is 6. The van der Waals surface area contributed by atoms with Crippen molar-refractivity contribution < 1.29 is 23.8 Å². The smallest absolute Gasteiger partial charge is 0.410 e. The summed E-state index contributed by atoms with van der Waals surface area (Å²) in [5.41, 5.74) is 1.49. The second kappa shape index (κ2) is 12.1. The molecule has 9 nitrogen and oxygen atoms in total. The molecule has 0 aliphatic carbocycles. The molecule has 0 bridgehead atoms. The SMILES string of the molecule is COc1cc(OC)c(Cl)c(-c2ccc3nc(C[C@H]4C[C@@H](C(=O)N5CCCC5)N(C(=O)OC(C)(C)C)C4)ncc3c2)c1Cl. The van der Waals surface area contributed by atoms with Gasteiger partial charge in [0.05, 0.1) is 29.8 Å². The number of ether oxygens (including phenoxy) is 3. The number of aromatic nitrogens is 2. The standard InChI is InChI=1S/C31H36Cl2N4O5/c1-31(2,3)42-30(39)37-17-18(12-22(37)29(38)36-10-6-7-11-36)13-25-34-16-20-14-19(8-9-21(20)35-25)26-27(32)23(40-4)15-24(41-5)28(26)33/h8-9,14-16,18,22H,6-7,10-13,17H2,1-5H3/t18-,22+/m1/s1. The zero-order valence-corrected chi connectivity index (χ0v) is 26.1. The van der Waals surface area contributed by atoms with Crippen LogP contribution in [0.1, 0.15) is 45.9 Å². The van der Waals surface area contributed by atoms with Crippen molar-refractivity contribution in [2.75, 3.05) is 33.9 Å². The van der Waals surface area contributed by atoms with E-state index in [2.05, 4.69) is 4.98 Å². The molecular weight excluding hydrogens is 579 g/mol. The van der Waals surface area contributed by atoms with E-state index in [1.54, 1.807) is 17.2 Å². The second-order valence-electron chi connectivity index (χ2n) is 11.8. The summed E-state index contributed by atoms with van der Waals surface area (Å²) in [6, 6.07) is 6.84. The maximum absolute atomic E-state index is 13.4. The van der Waals surface area contributed by atoms with Gasteiger partial charge < -0.3 is 19.1 Å². The van der Waals surface area contributed by atoms with Gasteiger partial charge in [0.1, 0.15) is 29.0 Å². The molecule has 2 saturated heterocycles. The van der Waals surface area contributed by atoms with Gasteiger partial charge in [-0.1, -0.05) is 29.3 Å². The normalized spacial score (nSPS) is 18.9. The highest BCUT2D eigenvalue weighted by atomic mass is 35.5. The van der Waals surface area contributed by atoms with Crippen LogP contribution in [-0.2, 0) is 16.0 Å². The Morgan fingerprint density at radius 2 is 1.69 bits per heavy atom. The summed E-state index contributed by atoms with van der Waals surface area (Å²) in [6.45, 7) is 7.37. The van der Waals surface area contributed by atoms with E-state index in [0.717, 1.165) is 42.4 Å². The molecule has 1 aromatic heterocycles.